The summed E-state index contributed by atoms with van der Waals surface area (Å²) in [7, 11) is 0. The Morgan fingerprint density at radius 2 is 2.00 bits per heavy atom. The molecule has 0 saturated carbocycles. The van der Waals surface area contributed by atoms with Crippen molar-refractivity contribution < 1.29 is 4.39 Å². The number of halogens is 3. The van der Waals surface area contributed by atoms with Crippen LogP contribution in [0.15, 0.2) is 16.7 Å². The van der Waals surface area contributed by atoms with Crippen LogP contribution < -0.4 is 0 Å². The Morgan fingerprint density at radius 1 is 1.31 bits per heavy atom. The van der Waals surface area contributed by atoms with Crippen LogP contribution in [0, 0.1) is 5.82 Å². The van der Waals surface area contributed by atoms with Gasteiger partial charge in [0, 0.05) is 11.3 Å². The molecule has 0 fully saturated rings. The van der Waals surface area contributed by atoms with Crippen molar-refractivity contribution in [3.8, 4) is 0 Å². The van der Waals surface area contributed by atoms with Crippen LogP contribution >= 0.6 is 27.5 Å². The van der Waals surface area contributed by atoms with Crippen LogP contribution in [0.25, 0.3) is 10.9 Å². The van der Waals surface area contributed by atoms with Crippen molar-refractivity contribution in [2.24, 2.45) is 0 Å². The number of hydrogen-bond donors (Lipinski definition) is 0. The molecule has 1 aromatic heterocycles. The highest BCUT2D eigenvalue weighted by atomic mass is 79.9. The minimum absolute atomic E-state index is 0.196. The highest BCUT2D eigenvalue weighted by Crippen LogP contribution is 2.29. The smallest absolute Gasteiger partial charge is 0.132 e. The summed E-state index contributed by atoms with van der Waals surface area (Å²) in [5.41, 5.74) is 0.577. The topological polar surface area (TPSA) is 25.8 Å². The summed E-state index contributed by atoms with van der Waals surface area (Å²) in [5.74, 6) is 0.494. The average Bonchev–Trinajstić information content (AvgIpc) is 2.19. The Labute approximate surface area is 106 Å². The lowest BCUT2D eigenvalue weighted by Gasteiger charge is -2.08. The fraction of sp³-hybridized carbons (Fsp3) is 0.273. The van der Waals surface area contributed by atoms with E-state index in [2.05, 4.69) is 25.9 Å². The van der Waals surface area contributed by atoms with Crippen molar-refractivity contribution in [2.75, 3.05) is 0 Å². The second kappa shape index (κ2) is 4.26. The molecule has 0 atom stereocenters. The summed E-state index contributed by atoms with van der Waals surface area (Å²) >= 11 is 9.27. The van der Waals surface area contributed by atoms with Crippen molar-refractivity contribution in [3.63, 3.8) is 0 Å². The molecule has 0 amide bonds. The average molecular weight is 304 g/mol. The molecule has 0 N–H and O–H groups in total. The van der Waals surface area contributed by atoms with Crippen LogP contribution in [0.2, 0.25) is 5.02 Å². The number of hydrogen-bond acceptors (Lipinski definition) is 2. The fourth-order valence-corrected chi connectivity index (χ4v) is 2.13. The lowest BCUT2D eigenvalue weighted by Crippen LogP contribution is -1.99. The molecular weight excluding hydrogens is 294 g/mol. The van der Waals surface area contributed by atoms with E-state index in [4.69, 9.17) is 11.6 Å². The Bertz CT molecular complexity index is 557. The molecular formula is C11H9BrClFN2. The predicted octanol–water partition coefficient (Wildman–Crippen LogP) is 4.31. The van der Waals surface area contributed by atoms with Crippen LogP contribution in [0.4, 0.5) is 4.39 Å². The number of benzene rings is 1. The molecule has 0 bridgehead atoms. The summed E-state index contributed by atoms with van der Waals surface area (Å²) in [5, 5.41) is 0.898. The molecule has 0 spiro atoms. The van der Waals surface area contributed by atoms with Gasteiger partial charge < -0.3 is 0 Å². The monoisotopic (exact) mass is 302 g/mol. The van der Waals surface area contributed by atoms with Crippen molar-refractivity contribution in [1.29, 1.82) is 0 Å². The van der Waals surface area contributed by atoms with E-state index in [1.165, 1.54) is 12.1 Å². The first-order chi connectivity index (χ1) is 7.49. The van der Waals surface area contributed by atoms with E-state index in [0.29, 0.717) is 26.4 Å². The molecule has 0 saturated heterocycles. The molecule has 84 valence electrons. The van der Waals surface area contributed by atoms with E-state index in [9.17, 15) is 4.39 Å². The molecule has 0 aliphatic carbocycles. The zero-order chi connectivity index (χ0) is 11.9. The second-order valence-corrected chi connectivity index (χ2v) is 4.97. The molecule has 1 aromatic carbocycles. The van der Waals surface area contributed by atoms with Crippen LogP contribution in [-0.2, 0) is 0 Å². The number of rotatable bonds is 1. The maximum Gasteiger partial charge on any atom is 0.132 e. The quantitative estimate of drug-likeness (QED) is 0.734. The number of fused-ring (bicyclic) bond motifs is 1. The van der Waals surface area contributed by atoms with Gasteiger partial charge in [-0.15, -0.1) is 0 Å². The fourth-order valence-electron chi connectivity index (χ4n) is 1.40. The first-order valence-electron chi connectivity index (χ1n) is 4.81. The summed E-state index contributed by atoms with van der Waals surface area (Å²) < 4.78 is 13.7. The van der Waals surface area contributed by atoms with Crippen LogP contribution in [0.1, 0.15) is 25.6 Å². The molecule has 2 nitrogen and oxygen atoms in total. The molecule has 0 aliphatic heterocycles. The van der Waals surface area contributed by atoms with Gasteiger partial charge in [-0.05, 0) is 28.1 Å². The summed E-state index contributed by atoms with van der Waals surface area (Å²) in [4.78, 5) is 8.60. The highest BCUT2D eigenvalue weighted by molar-refractivity contribution is 9.10. The largest absolute Gasteiger partial charge is 0.231 e. The van der Waals surface area contributed by atoms with Crippen molar-refractivity contribution in [1.82, 2.24) is 9.97 Å². The third kappa shape index (κ3) is 2.04. The maximum atomic E-state index is 13.2. The van der Waals surface area contributed by atoms with Gasteiger partial charge in [0.15, 0.2) is 0 Å². The molecule has 0 aliphatic rings. The van der Waals surface area contributed by atoms with E-state index in [1.807, 2.05) is 13.8 Å². The number of nitrogens with zero attached hydrogens (tertiary/aromatic N) is 2. The standard InChI is InChI=1S/C11H9BrClFN2/c1-5(2)11-15-9-7(10(12)16-11)3-6(14)4-8(9)13/h3-5H,1-2H3. The summed E-state index contributed by atoms with van der Waals surface area (Å²) in [6, 6.07) is 2.63. The second-order valence-electron chi connectivity index (χ2n) is 3.81. The summed E-state index contributed by atoms with van der Waals surface area (Å²) in [6.45, 7) is 3.98. The van der Waals surface area contributed by atoms with Crippen molar-refractivity contribution in [2.45, 2.75) is 19.8 Å². The molecule has 0 unspecified atom stereocenters. The van der Waals surface area contributed by atoms with E-state index >= 15 is 0 Å². The third-order valence-electron chi connectivity index (χ3n) is 2.21. The molecule has 16 heavy (non-hydrogen) atoms. The van der Waals surface area contributed by atoms with Gasteiger partial charge in [-0.3, -0.25) is 0 Å². The maximum absolute atomic E-state index is 13.2. The Balaban J connectivity index is 2.82. The highest BCUT2D eigenvalue weighted by Gasteiger charge is 2.12. The SMILES string of the molecule is CC(C)c1nc(Br)c2cc(F)cc(Cl)c2n1. The van der Waals surface area contributed by atoms with Gasteiger partial charge in [-0.25, -0.2) is 14.4 Å². The minimum Gasteiger partial charge on any atom is -0.231 e. The third-order valence-corrected chi connectivity index (χ3v) is 3.10. The number of aromatic nitrogens is 2. The Kier molecular flexibility index (Phi) is 3.13. The first kappa shape index (κ1) is 11.7. The normalized spacial score (nSPS) is 11.4. The molecule has 0 radical (unpaired) electrons. The lowest BCUT2D eigenvalue weighted by molar-refractivity contribution is 0.629. The summed E-state index contributed by atoms with van der Waals surface area (Å²) in [6.07, 6.45) is 0. The zero-order valence-corrected chi connectivity index (χ0v) is 11.1. The van der Waals surface area contributed by atoms with Crippen LogP contribution in [0.5, 0.6) is 0 Å². The molecule has 2 aromatic rings. The van der Waals surface area contributed by atoms with E-state index in [1.54, 1.807) is 0 Å². The first-order valence-corrected chi connectivity index (χ1v) is 5.98. The van der Waals surface area contributed by atoms with Crippen LogP contribution in [-0.4, -0.2) is 9.97 Å². The van der Waals surface area contributed by atoms with Gasteiger partial charge in [-0.1, -0.05) is 25.4 Å². The lowest BCUT2D eigenvalue weighted by atomic mass is 10.2. The Morgan fingerprint density at radius 3 is 2.62 bits per heavy atom. The minimum atomic E-state index is -0.390. The van der Waals surface area contributed by atoms with Gasteiger partial charge in [0.25, 0.3) is 0 Å². The zero-order valence-electron chi connectivity index (χ0n) is 8.76. The van der Waals surface area contributed by atoms with Crippen molar-refractivity contribution in [3.05, 3.63) is 33.4 Å². The van der Waals surface area contributed by atoms with Gasteiger partial charge >= 0.3 is 0 Å². The van der Waals surface area contributed by atoms with E-state index < -0.39 is 0 Å². The molecule has 1 heterocycles. The molecule has 2 rings (SSSR count). The predicted molar refractivity (Wildman–Crippen MR) is 66.3 cm³/mol. The van der Waals surface area contributed by atoms with Gasteiger partial charge in [-0.2, -0.15) is 0 Å². The van der Waals surface area contributed by atoms with Gasteiger partial charge in [0.2, 0.25) is 0 Å². The van der Waals surface area contributed by atoms with E-state index in [0.717, 1.165) is 0 Å². The van der Waals surface area contributed by atoms with E-state index in [-0.39, 0.29) is 11.7 Å². The van der Waals surface area contributed by atoms with Crippen molar-refractivity contribution >= 4 is 38.4 Å². The van der Waals surface area contributed by atoms with Gasteiger partial charge in [0.05, 0.1) is 10.5 Å². The van der Waals surface area contributed by atoms with Crippen LogP contribution in [0.3, 0.4) is 0 Å². The Hall–Kier alpha value is -0.740. The van der Waals surface area contributed by atoms with Gasteiger partial charge in [0.1, 0.15) is 16.2 Å². The molecule has 5 heteroatoms.